The zero-order valence-corrected chi connectivity index (χ0v) is 11.3. The van der Waals surface area contributed by atoms with Gasteiger partial charge in [-0.15, -0.1) is 0 Å². The minimum absolute atomic E-state index is 0.110. The quantitative estimate of drug-likeness (QED) is 0.700. The van der Waals surface area contributed by atoms with E-state index < -0.39 is 17.8 Å². The summed E-state index contributed by atoms with van der Waals surface area (Å²) in [6.07, 6.45) is 1.04. The van der Waals surface area contributed by atoms with E-state index in [0.717, 1.165) is 0 Å². The van der Waals surface area contributed by atoms with Gasteiger partial charge in [-0.25, -0.2) is 0 Å². The molecule has 5 nitrogen and oxygen atoms in total. The molecule has 0 aliphatic carbocycles. The van der Waals surface area contributed by atoms with Crippen LogP contribution in [0.3, 0.4) is 0 Å². The molecule has 0 fully saturated rings. The Morgan fingerprint density at radius 2 is 2.11 bits per heavy atom. The highest BCUT2D eigenvalue weighted by Crippen LogP contribution is 2.21. The maximum Gasteiger partial charge on any atom is 0.306 e. The van der Waals surface area contributed by atoms with Crippen LogP contribution < -0.4 is 5.32 Å². The summed E-state index contributed by atoms with van der Waals surface area (Å²) in [6, 6.07) is 4.22. The van der Waals surface area contributed by atoms with Gasteiger partial charge < -0.3 is 15.5 Å². The van der Waals surface area contributed by atoms with Crippen molar-refractivity contribution >= 4 is 23.5 Å². The number of carboxylic acids is 1. The molecule has 6 heteroatoms. The molecule has 1 aromatic rings. The zero-order chi connectivity index (χ0) is 14.4. The van der Waals surface area contributed by atoms with E-state index in [0.29, 0.717) is 24.4 Å². The molecule has 19 heavy (non-hydrogen) atoms. The molecule has 0 saturated heterocycles. The molecule has 0 saturated carbocycles. The minimum Gasteiger partial charge on any atom is -0.507 e. The summed E-state index contributed by atoms with van der Waals surface area (Å²) in [4.78, 5) is 22.3. The van der Waals surface area contributed by atoms with Crippen LogP contribution in [0, 0.1) is 5.92 Å². The van der Waals surface area contributed by atoms with Gasteiger partial charge in [0.2, 0.25) is 0 Å². The van der Waals surface area contributed by atoms with Gasteiger partial charge in [0.1, 0.15) is 5.75 Å². The van der Waals surface area contributed by atoms with E-state index in [-0.39, 0.29) is 11.3 Å². The van der Waals surface area contributed by atoms with Gasteiger partial charge in [0.15, 0.2) is 0 Å². The first kappa shape index (κ1) is 15.3. The number of carboxylic acid groups (broad SMARTS) is 1. The molecular formula is C13H16ClNO4. The molecule has 0 bridgehead atoms. The highest BCUT2D eigenvalue weighted by molar-refractivity contribution is 6.31. The van der Waals surface area contributed by atoms with Crippen LogP contribution in [0.2, 0.25) is 5.02 Å². The van der Waals surface area contributed by atoms with Crippen LogP contribution in [0.15, 0.2) is 18.2 Å². The van der Waals surface area contributed by atoms with Crippen LogP contribution in [0.4, 0.5) is 0 Å². The summed E-state index contributed by atoms with van der Waals surface area (Å²) in [5, 5.41) is 21.2. The van der Waals surface area contributed by atoms with Crippen molar-refractivity contribution in [2.24, 2.45) is 5.92 Å². The van der Waals surface area contributed by atoms with Crippen LogP contribution in [0.5, 0.6) is 5.75 Å². The Hall–Kier alpha value is -1.75. The third-order valence-electron chi connectivity index (χ3n) is 2.72. The Bertz CT molecular complexity index is 476. The lowest BCUT2D eigenvalue weighted by Gasteiger charge is -2.08. The number of hydrogen-bond acceptors (Lipinski definition) is 3. The minimum atomic E-state index is -0.848. The number of amides is 1. The van der Waals surface area contributed by atoms with E-state index in [1.807, 2.05) is 0 Å². The average molecular weight is 286 g/mol. The molecule has 0 aliphatic rings. The van der Waals surface area contributed by atoms with Crippen LogP contribution in [0.1, 0.15) is 30.1 Å². The highest BCUT2D eigenvalue weighted by Gasteiger charge is 2.13. The Morgan fingerprint density at radius 1 is 1.42 bits per heavy atom. The van der Waals surface area contributed by atoms with Gasteiger partial charge in [-0.3, -0.25) is 9.59 Å². The van der Waals surface area contributed by atoms with Crippen molar-refractivity contribution in [1.29, 1.82) is 0 Å². The molecule has 104 valence electrons. The third kappa shape index (κ3) is 4.79. The number of aliphatic carboxylic acids is 1. The van der Waals surface area contributed by atoms with Crippen molar-refractivity contribution in [3.63, 3.8) is 0 Å². The number of halogens is 1. The number of hydrogen-bond donors (Lipinski definition) is 3. The molecule has 0 radical (unpaired) electrons. The Morgan fingerprint density at radius 3 is 2.74 bits per heavy atom. The zero-order valence-electron chi connectivity index (χ0n) is 10.5. The molecule has 0 heterocycles. The van der Waals surface area contributed by atoms with Crippen LogP contribution in [-0.2, 0) is 4.79 Å². The standard InChI is InChI=1S/C13H16ClNO4/c1-8(13(18)19)3-2-6-15-12(17)10-7-9(14)4-5-11(10)16/h4-5,7-8,16H,2-3,6H2,1H3,(H,15,17)(H,18,19). The van der Waals surface area contributed by atoms with Crippen molar-refractivity contribution in [2.75, 3.05) is 6.54 Å². The van der Waals surface area contributed by atoms with Crippen molar-refractivity contribution < 1.29 is 19.8 Å². The van der Waals surface area contributed by atoms with Gasteiger partial charge >= 0.3 is 5.97 Å². The molecule has 1 unspecified atom stereocenters. The molecule has 3 N–H and O–H groups in total. The molecule has 0 spiro atoms. The monoisotopic (exact) mass is 285 g/mol. The van der Waals surface area contributed by atoms with Gasteiger partial charge in [-0.05, 0) is 31.0 Å². The Labute approximate surface area is 116 Å². The lowest BCUT2D eigenvalue weighted by atomic mass is 10.1. The predicted molar refractivity (Wildman–Crippen MR) is 71.5 cm³/mol. The lowest BCUT2D eigenvalue weighted by molar-refractivity contribution is -0.141. The third-order valence-corrected chi connectivity index (χ3v) is 2.96. The first-order chi connectivity index (χ1) is 8.91. The molecular weight excluding hydrogens is 270 g/mol. The van der Waals surface area contributed by atoms with E-state index in [1.165, 1.54) is 18.2 Å². The summed E-state index contributed by atoms with van der Waals surface area (Å²) in [6.45, 7) is 1.97. The van der Waals surface area contributed by atoms with E-state index in [4.69, 9.17) is 16.7 Å². The van der Waals surface area contributed by atoms with Gasteiger partial charge in [0.25, 0.3) is 5.91 Å². The second-order valence-corrected chi connectivity index (χ2v) is 4.74. The molecule has 1 rings (SSSR count). The van der Waals surface area contributed by atoms with Gasteiger partial charge in [-0.1, -0.05) is 18.5 Å². The SMILES string of the molecule is CC(CCCNC(=O)c1cc(Cl)ccc1O)C(=O)O. The van der Waals surface area contributed by atoms with E-state index in [9.17, 15) is 14.7 Å². The predicted octanol–water partition coefficient (Wildman–Crippen LogP) is 2.28. The van der Waals surface area contributed by atoms with Crippen LogP contribution in [-0.4, -0.2) is 28.6 Å². The largest absolute Gasteiger partial charge is 0.507 e. The number of carbonyl (C=O) groups is 2. The molecule has 1 atom stereocenters. The number of aromatic hydroxyl groups is 1. The summed E-state index contributed by atoms with van der Waals surface area (Å²) >= 11 is 5.74. The first-order valence-electron chi connectivity index (χ1n) is 5.91. The number of rotatable bonds is 6. The summed E-state index contributed by atoms with van der Waals surface area (Å²) in [7, 11) is 0. The second-order valence-electron chi connectivity index (χ2n) is 4.30. The van der Waals surface area contributed by atoms with Crippen molar-refractivity contribution in [1.82, 2.24) is 5.32 Å². The Kier molecular flexibility index (Phi) is 5.63. The highest BCUT2D eigenvalue weighted by atomic mass is 35.5. The van der Waals surface area contributed by atoms with Crippen LogP contribution in [0.25, 0.3) is 0 Å². The number of carbonyl (C=O) groups excluding carboxylic acids is 1. The molecule has 0 aromatic heterocycles. The normalized spacial score (nSPS) is 11.9. The number of phenols is 1. The number of nitrogens with one attached hydrogen (secondary N) is 1. The summed E-state index contributed by atoms with van der Waals surface area (Å²) in [5.74, 6) is -1.85. The van der Waals surface area contributed by atoms with E-state index >= 15 is 0 Å². The van der Waals surface area contributed by atoms with Gasteiger partial charge in [0, 0.05) is 11.6 Å². The average Bonchev–Trinajstić information content (AvgIpc) is 2.36. The van der Waals surface area contributed by atoms with Crippen LogP contribution >= 0.6 is 11.6 Å². The first-order valence-corrected chi connectivity index (χ1v) is 6.29. The smallest absolute Gasteiger partial charge is 0.306 e. The second kappa shape index (κ2) is 6.99. The Balaban J connectivity index is 2.43. The molecule has 1 amide bonds. The maximum atomic E-state index is 11.8. The lowest BCUT2D eigenvalue weighted by Crippen LogP contribution is -2.25. The fraction of sp³-hybridized carbons (Fsp3) is 0.385. The van der Waals surface area contributed by atoms with Gasteiger partial charge in [0.05, 0.1) is 11.5 Å². The topological polar surface area (TPSA) is 86.6 Å². The number of phenolic OH excluding ortho intramolecular Hbond substituents is 1. The molecule has 0 aliphatic heterocycles. The van der Waals surface area contributed by atoms with Crippen molar-refractivity contribution in [2.45, 2.75) is 19.8 Å². The summed E-state index contributed by atoms with van der Waals surface area (Å²) in [5.41, 5.74) is 0.110. The fourth-order valence-corrected chi connectivity index (χ4v) is 1.69. The van der Waals surface area contributed by atoms with E-state index in [1.54, 1.807) is 6.92 Å². The van der Waals surface area contributed by atoms with Gasteiger partial charge in [-0.2, -0.15) is 0 Å². The maximum absolute atomic E-state index is 11.8. The number of benzene rings is 1. The van der Waals surface area contributed by atoms with Crippen molar-refractivity contribution in [3.05, 3.63) is 28.8 Å². The van der Waals surface area contributed by atoms with E-state index in [2.05, 4.69) is 5.32 Å². The summed E-state index contributed by atoms with van der Waals surface area (Å²) < 4.78 is 0. The van der Waals surface area contributed by atoms with Crippen molar-refractivity contribution in [3.8, 4) is 5.75 Å². The fourth-order valence-electron chi connectivity index (χ4n) is 1.52. The molecule has 1 aromatic carbocycles.